The molecule has 5 nitrogen and oxygen atoms in total. The third-order valence-electron chi connectivity index (χ3n) is 4.36. The van der Waals surface area contributed by atoms with Crippen molar-refractivity contribution in [3.05, 3.63) is 53.1 Å². The number of halogens is 1. The molecular weight excluding hydrogens is 338 g/mol. The first kappa shape index (κ1) is 15.8. The van der Waals surface area contributed by atoms with Gasteiger partial charge in [-0.2, -0.15) is 5.10 Å². The first-order valence-corrected chi connectivity index (χ1v) is 8.43. The van der Waals surface area contributed by atoms with E-state index in [1.54, 1.807) is 14.2 Å². The number of hydrogen-bond acceptors (Lipinski definition) is 4. The molecule has 0 radical (unpaired) electrons. The summed E-state index contributed by atoms with van der Waals surface area (Å²) in [5.41, 5.74) is 4.08. The molecule has 2 aromatic carbocycles. The topological polar surface area (TPSA) is 48.3 Å². The zero-order chi connectivity index (χ0) is 17.4. The van der Waals surface area contributed by atoms with Crippen molar-refractivity contribution in [3.63, 3.8) is 0 Å². The van der Waals surface area contributed by atoms with Crippen LogP contribution in [0.1, 0.15) is 5.56 Å². The molecule has 1 N–H and O–H groups in total. The molecule has 0 atom stereocenters. The Morgan fingerprint density at radius 2 is 1.92 bits per heavy atom. The van der Waals surface area contributed by atoms with Crippen LogP contribution in [0.3, 0.4) is 0 Å². The first-order chi connectivity index (χ1) is 12.2. The zero-order valence-electron chi connectivity index (χ0n) is 14.0. The largest absolute Gasteiger partial charge is 0.493 e. The molecule has 1 aliphatic heterocycles. The van der Waals surface area contributed by atoms with E-state index in [0.717, 1.165) is 35.7 Å². The van der Waals surface area contributed by atoms with Crippen LogP contribution in [-0.4, -0.2) is 30.5 Å². The number of fused-ring (bicyclic) bond motifs is 1. The van der Waals surface area contributed by atoms with Crippen LogP contribution in [0.15, 0.2) is 42.5 Å². The number of methoxy groups -OCH3 is 2. The van der Waals surface area contributed by atoms with Gasteiger partial charge in [-0.25, -0.2) is 4.68 Å². The van der Waals surface area contributed by atoms with Gasteiger partial charge in [0.15, 0.2) is 11.5 Å². The van der Waals surface area contributed by atoms with Crippen LogP contribution in [0, 0.1) is 0 Å². The van der Waals surface area contributed by atoms with Crippen molar-refractivity contribution in [2.45, 2.75) is 6.42 Å². The van der Waals surface area contributed by atoms with Crippen molar-refractivity contribution in [1.29, 1.82) is 0 Å². The predicted molar refractivity (Wildman–Crippen MR) is 99.3 cm³/mol. The highest BCUT2D eigenvalue weighted by Gasteiger charge is 2.24. The lowest BCUT2D eigenvalue weighted by Gasteiger charge is -2.09. The lowest BCUT2D eigenvalue weighted by atomic mass is 10.1. The molecule has 1 aliphatic rings. The van der Waals surface area contributed by atoms with E-state index in [1.165, 1.54) is 5.56 Å². The molecule has 0 saturated heterocycles. The predicted octanol–water partition coefficient (Wildman–Crippen LogP) is 4.18. The van der Waals surface area contributed by atoms with Crippen LogP contribution in [0.5, 0.6) is 11.5 Å². The lowest BCUT2D eigenvalue weighted by molar-refractivity contribution is 0.355. The van der Waals surface area contributed by atoms with Crippen molar-refractivity contribution in [2.75, 3.05) is 26.1 Å². The minimum atomic E-state index is 0.687. The standard InChI is InChI=1S/C19H18ClN3O2/c1-24-16-7-6-12(10-17(16)25-2)18-15-8-9-21-19(15)23(22-18)14-5-3-4-13(20)11-14/h3-7,10-11,21H,8-9H2,1-2H3. The molecule has 0 fully saturated rings. The van der Waals surface area contributed by atoms with Crippen molar-refractivity contribution in [2.24, 2.45) is 0 Å². The van der Waals surface area contributed by atoms with Crippen LogP contribution in [-0.2, 0) is 6.42 Å². The molecule has 0 unspecified atom stereocenters. The molecule has 6 heteroatoms. The van der Waals surface area contributed by atoms with Crippen molar-refractivity contribution in [3.8, 4) is 28.4 Å². The van der Waals surface area contributed by atoms with Gasteiger partial charge in [0.05, 0.1) is 25.6 Å². The van der Waals surface area contributed by atoms with Gasteiger partial charge in [-0.1, -0.05) is 17.7 Å². The second-order valence-corrected chi connectivity index (χ2v) is 6.25. The molecule has 4 rings (SSSR count). The average Bonchev–Trinajstić information content (AvgIpc) is 3.23. The third-order valence-corrected chi connectivity index (χ3v) is 4.60. The summed E-state index contributed by atoms with van der Waals surface area (Å²) in [6.07, 6.45) is 0.930. The van der Waals surface area contributed by atoms with Crippen LogP contribution in [0.4, 0.5) is 5.82 Å². The number of hydrogen-bond donors (Lipinski definition) is 1. The summed E-state index contributed by atoms with van der Waals surface area (Å²) in [6, 6.07) is 13.6. The molecule has 3 aromatic rings. The van der Waals surface area contributed by atoms with E-state index in [2.05, 4.69) is 5.32 Å². The second kappa shape index (κ2) is 6.33. The molecule has 128 valence electrons. The molecule has 0 amide bonds. The molecule has 25 heavy (non-hydrogen) atoms. The summed E-state index contributed by atoms with van der Waals surface area (Å²) in [7, 11) is 3.27. The zero-order valence-corrected chi connectivity index (χ0v) is 14.8. The summed E-state index contributed by atoms with van der Waals surface area (Å²) >= 11 is 6.15. The Hall–Kier alpha value is -2.66. The van der Waals surface area contributed by atoms with E-state index in [4.69, 9.17) is 26.2 Å². The minimum absolute atomic E-state index is 0.687. The summed E-state index contributed by atoms with van der Waals surface area (Å²) in [5, 5.41) is 8.96. The molecular formula is C19H18ClN3O2. The molecule has 0 bridgehead atoms. The Morgan fingerprint density at radius 1 is 1.08 bits per heavy atom. The van der Waals surface area contributed by atoms with E-state index in [1.807, 2.05) is 47.1 Å². The quantitative estimate of drug-likeness (QED) is 0.762. The smallest absolute Gasteiger partial charge is 0.161 e. The highest BCUT2D eigenvalue weighted by atomic mass is 35.5. The fourth-order valence-electron chi connectivity index (χ4n) is 3.18. The molecule has 0 aliphatic carbocycles. The van der Waals surface area contributed by atoms with Crippen molar-refractivity contribution < 1.29 is 9.47 Å². The van der Waals surface area contributed by atoms with E-state index in [9.17, 15) is 0 Å². The molecule has 0 saturated carbocycles. The first-order valence-electron chi connectivity index (χ1n) is 8.05. The molecule has 0 spiro atoms. The van der Waals surface area contributed by atoms with E-state index < -0.39 is 0 Å². The average molecular weight is 356 g/mol. The third kappa shape index (κ3) is 2.70. The number of nitrogens with one attached hydrogen (secondary N) is 1. The minimum Gasteiger partial charge on any atom is -0.493 e. The Kier molecular flexibility index (Phi) is 4.01. The highest BCUT2D eigenvalue weighted by molar-refractivity contribution is 6.30. The van der Waals surface area contributed by atoms with Gasteiger partial charge in [-0.15, -0.1) is 0 Å². The van der Waals surface area contributed by atoms with Gasteiger partial charge in [0.25, 0.3) is 0 Å². The maximum absolute atomic E-state index is 6.15. The van der Waals surface area contributed by atoms with Crippen LogP contribution in [0.25, 0.3) is 16.9 Å². The Bertz CT molecular complexity index is 936. The Balaban J connectivity index is 1.86. The molecule has 1 aromatic heterocycles. The van der Waals surface area contributed by atoms with Crippen LogP contribution >= 0.6 is 11.6 Å². The van der Waals surface area contributed by atoms with Gasteiger partial charge in [-0.05, 0) is 42.8 Å². The number of anilines is 1. The van der Waals surface area contributed by atoms with Gasteiger partial charge in [0, 0.05) is 22.7 Å². The fourth-order valence-corrected chi connectivity index (χ4v) is 3.37. The summed E-state index contributed by atoms with van der Waals surface area (Å²) < 4.78 is 12.7. The van der Waals surface area contributed by atoms with Gasteiger partial charge < -0.3 is 14.8 Å². The maximum Gasteiger partial charge on any atom is 0.161 e. The maximum atomic E-state index is 6.15. The van der Waals surface area contributed by atoms with E-state index in [-0.39, 0.29) is 0 Å². The number of benzene rings is 2. The summed E-state index contributed by atoms with van der Waals surface area (Å²) in [4.78, 5) is 0. The van der Waals surface area contributed by atoms with Gasteiger partial charge in [0.1, 0.15) is 5.82 Å². The normalized spacial score (nSPS) is 12.6. The number of rotatable bonds is 4. The monoisotopic (exact) mass is 355 g/mol. The molecule has 2 heterocycles. The highest BCUT2D eigenvalue weighted by Crippen LogP contribution is 2.38. The van der Waals surface area contributed by atoms with E-state index in [0.29, 0.717) is 16.5 Å². The SMILES string of the molecule is COc1ccc(-c2nn(-c3cccc(Cl)c3)c3c2CCN3)cc1OC. The van der Waals surface area contributed by atoms with Crippen LogP contribution < -0.4 is 14.8 Å². The van der Waals surface area contributed by atoms with E-state index >= 15 is 0 Å². The van der Waals surface area contributed by atoms with Crippen molar-refractivity contribution in [1.82, 2.24) is 9.78 Å². The fraction of sp³-hybridized carbons (Fsp3) is 0.211. The summed E-state index contributed by atoms with van der Waals surface area (Å²) in [5.74, 6) is 2.42. The number of aromatic nitrogens is 2. The Labute approximate surface area is 151 Å². The lowest BCUT2D eigenvalue weighted by Crippen LogP contribution is -2.04. The van der Waals surface area contributed by atoms with Gasteiger partial charge >= 0.3 is 0 Å². The van der Waals surface area contributed by atoms with Crippen LogP contribution in [0.2, 0.25) is 5.02 Å². The van der Waals surface area contributed by atoms with Crippen molar-refractivity contribution >= 4 is 17.4 Å². The van der Waals surface area contributed by atoms with Gasteiger partial charge in [0.2, 0.25) is 0 Å². The number of nitrogens with zero attached hydrogens (tertiary/aromatic N) is 2. The Morgan fingerprint density at radius 3 is 2.68 bits per heavy atom. The summed E-state index contributed by atoms with van der Waals surface area (Å²) in [6.45, 7) is 0.897. The van der Waals surface area contributed by atoms with Gasteiger partial charge in [-0.3, -0.25) is 0 Å². The second-order valence-electron chi connectivity index (χ2n) is 5.81. The number of ether oxygens (including phenoxy) is 2.